The van der Waals surface area contributed by atoms with Gasteiger partial charge in [-0.1, -0.05) is 12.1 Å². The quantitative estimate of drug-likeness (QED) is 0.680. The maximum Gasteiger partial charge on any atom is 0.267 e. The summed E-state index contributed by atoms with van der Waals surface area (Å²) < 4.78 is 11.1. The first-order chi connectivity index (χ1) is 15.2. The summed E-state index contributed by atoms with van der Waals surface area (Å²) in [5.74, 6) is 1.12. The first-order valence-electron chi connectivity index (χ1n) is 10.6. The minimum absolute atomic E-state index is 0.0778. The van der Waals surface area contributed by atoms with Crippen molar-refractivity contribution in [3.8, 4) is 11.5 Å². The summed E-state index contributed by atoms with van der Waals surface area (Å²) in [6.07, 6.45) is 4.37. The lowest BCUT2D eigenvalue weighted by Gasteiger charge is -2.19. The Bertz CT molecular complexity index is 1200. The lowest BCUT2D eigenvalue weighted by atomic mass is 9.90. The van der Waals surface area contributed by atoms with Gasteiger partial charge in [-0.05, 0) is 61.1 Å². The Morgan fingerprint density at radius 2 is 1.81 bits per heavy atom. The van der Waals surface area contributed by atoms with Crippen LogP contribution in [0.15, 0.2) is 47.3 Å². The van der Waals surface area contributed by atoms with E-state index >= 15 is 0 Å². The molecule has 1 aromatic heterocycles. The highest BCUT2D eigenvalue weighted by Crippen LogP contribution is 2.32. The zero-order valence-electron chi connectivity index (χ0n) is 17.1. The minimum atomic E-state index is -0.199. The number of carbonyl (C=O) groups excluding carboxylic acids is 1. The normalized spacial score (nSPS) is 14.6. The van der Waals surface area contributed by atoms with Crippen LogP contribution in [0.2, 0.25) is 0 Å². The summed E-state index contributed by atoms with van der Waals surface area (Å²) in [5.41, 5.74) is 4.93. The van der Waals surface area contributed by atoms with Crippen molar-refractivity contribution in [2.45, 2.75) is 32.1 Å². The van der Waals surface area contributed by atoms with E-state index < -0.39 is 0 Å². The summed E-state index contributed by atoms with van der Waals surface area (Å²) in [5, 5.41) is 9.86. The summed E-state index contributed by atoms with van der Waals surface area (Å²) in [4.78, 5) is 24.9. The van der Waals surface area contributed by atoms with Crippen molar-refractivity contribution in [3.63, 3.8) is 0 Å². The highest BCUT2D eigenvalue weighted by atomic mass is 16.6. The lowest BCUT2D eigenvalue weighted by molar-refractivity contribution is 0.102. The van der Waals surface area contributed by atoms with E-state index in [0.717, 1.165) is 48.1 Å². The van der Waals surface area contributed by atoms with E-state index in [9.17, 15) is 9.59 Å². The second-order valence-electron chi connectivity index (χ2n) is 7.85. The molecule has 2 N–H and O–H groups in total. The van der Waals surface area contributed by atoms with Gasteiger partial charge >= 0.3 is 0 Å². The molecule has 2 aromatic carbocycles. The van der Waals surface area contributed by atoms with Gasteiger partial charge in [-0.2, -0.15) is 5.10 Å². The second-order valence-corrected chi connectivity index (χ2v) is 7.85. The fourth-order valence-corrected chi connectivity index (χ4v) is 4.21. The summed E-state index contributed by atoms with van der Waals surface area (Å²) in [6.45, 7) is 1.02. The molecule has 5 rings (SSSR count). The molecule has 1 amide bonds. The molecular weight excluding hydrogens is 394 g/mol. The van der Waals surface area contributed by atoms with Gasteiger partial charge in [-0.25, -0.2) is 5.10 Å². The number of rotatable bonds is 4. The fraction of sp³-hybridized carbons (Fsp3) is 0.292. The first kappa shape index (κ1) is 19.4. The molecule has 1 aliphatic carbocycles. The Kier molecular flexibility index (Phi) is 5.16. The molecule has 158 valence electrons. The van der Waals surface area contributed by atoms with E-state index in [1.807, 2.05) is 18.2 Å². The SMILES string of the molecule is O=C(Nc1ccc2c(c1)OCCO2)c1cccc(Cc2n[nH]c(=O)c3c2CCCC3)c1. The molecule has 0 radical (unpaired) electrons. The van der Waals surface area contributed by atoms with Gasteiger partial charge in [0.05, 0.1) is 5.69 Å². The lowest BCUT2D eigenvalue weighted by Crippen LogP contribution is -2.23. The van der Waals surface area contributed by atoms with Crippen molar-refractivity contribution in [1.29, 1.82) is 0 Å². The standard InChI is InChI=1S/C24H23N3O4/c28-23(25-17-8-9-21-22(14-17)31-11-10-30-21)16-5-3-4-15(12-16)13-20-18-6-1-2-7-19(18)24(29)27-26-20/h3-5,8-9,12,14H,1-2,6-7,10-11,13H2,(H,25,28)(H,27,29). The van der Waals surface area contributed by atoms with Gasteiger partial charge in [-0.15, -0.1) is 0 Å². The van der Waals surface area contributed by atoms with Crippen molar-refractivity contribution in [2.24, 2.45) is 0 Å². The van der Waals surface area contributed by atoms with Crippen LogP contribution in [0.4, 0.5) is 5.69 Å². The molecule has 31 heavy (non-hydrogen) atoms. The van der Waals surface area contributed by atoms with Gasteiger partial charge < -0.3 is 14.8 Å². The molecule has 2 aliphatic rings. The number of carbonyl (C=O) groups is 1. The number of ether oxygens (including phenoxy) is 2. The minimum Gasteiger partial charge on any atom is -0.486 e. The van der Waals surface area contributed by atoms with E-state index in [1.165, 1.54) is 0 Å². The molecular formula is C24H23N3O4. The average Bonchev–Trinajstić information content (AvgIpc) is 2.81. The number of aromatic amines is 1. The van der Waals surface area contributed by atoms with E-state index in [2.05, 4.69) is 15.5 Å². The molecule has 0 saturated carbocycles. The third-order valence-corrected chi connectivity index (χ3v) is 5.74. The number of nitrogens with one attached hydrogen (secondary N) is 2. The van der Waals surface area contributed by atoms with Gasteiger partial charge in [0.25, 0.3) is 11.5 Å². The zero-order chi connectivity index (χ0) is 21.2. The number of aromatic nitrogens is 2. The van der Waals surface area contributed by atoms with Gasteiger partial charge in [0, 0.05) is 29.3 Å². The molecule has 7 heteroatoms. The van der Waals surface area contributed by atoms with Crippen LogP contribution in [0.3, 0.4) is 0 Å². The van der Waals surface area contributed by atoms with Gasteiger partial charge in [0.2, 0.25) is 0 Å². The second kappa shape index (κ2) is 8.26. The molecule has 3 aromatic rings. The largest absolute Gasteiger partial charge is 0.486 e. The van der Waals surface area contributed by atoms with Crippen molar-refractivity contribution in [2.75, 3.05) is 18.5 Å². The van der Waals surface area contributed by atoms with Gasteiger partial charge in [-0.3, -0.25) is 9.59 Å². The molecule has 0 atom stereocenters. The van der Waals surface area contributed by atoms with E-state index in [-0.39, 0.29) is 11.5 Å². The maximum atomic E-state index is 12.8. The number of benzene rings is 2. The Hall–Kier alpha value is -3.61. The van der Waals surface area contributed by atoms with Gasteiger partial charge in [0.1, 0.15) is 13.2 Å². The smallest absolute Gasteiger partial charge is 0.267 e. The number of hydrogen-bond donors (Lipinski definition) is 2. The van der Waals surface area contributed by atoms with Gasteiger partial charge in [0.15, 0.2) is 11.5 Å². The van der Waals surface area contributed by atoms with Crippen molar-refractivity contribution in [3.05, 3.63) is 80.8 Å². The Morgan fingerprint density at radius 1 is 1.00 bits per heavy atom. The van der Waals surface area contributed by atoms with E-state index in [0.29, 0.717) is 42.4 Å². The van der Waals surface area contributed by atoms with Crippen LogP contribution in [0.5, 0.6) is 11.5 Å². The van der Waals surface area contributed by atoms with Crippen LogP contribution in [-0.4, -0.2) is 29.3 Å². The monoisotopic (exact) mass is 417 g/mol. The zero-order valence-corrected chi connectivity index (χ0v) is 17.1. The third kappa shape index (κ3) is 4.03. The van der Waals surface area contributed by atoms with Crippen molar-refractivity contribution < 1.29 is 14.3 Å². The van der Waals surface area contributed by atoms with Crippen LogP contribution in [0, 0.1) is 0 Å². The average molecular weight is 417 g/mol. The van der Waals surface area contributed by atoms with E-state index in [1.54, 1.807) is 24.3 Å². The number of fused-ring (bicyclic) bond motifs is 2. The molecule has 0 unspecified atom stereocenters. The van der Waals surface area contributed by atoms with Crippen LogP contribution < -0.4 is 20.3 Å². The predicted molar refractivity (Wildman–Crippen MR) is 116 cm³/mol. The molecule has 7 nitrogen and oxygen atoms in total. The van der Waals surface area contributed by atoms with Crippen LogP contribution in [0.1, 0.15) is 45.6 Å². The highest BCUT2D eigenvalue weighted by molar-refractivity contribution is 6.04. The molecule has 0 bridgehead atoms. The number of H-pyrrole nitrogens is 1. The Labute approximate surface area is 179 Å². The number of hydrogen-bond acceptors (Lipinski definition) is 5. The number of anilines is 1. The molecule has 0 fully saturated rings. The van der Waals surface area contributed by atoms with Crippen molar-refractivity contribution >= 4 is 11.6 Å². The van der Waals surface area contributed by atoms with Crippen LogP contribution >= 0.6 is 0 Å². The predicted octanol–water partition coefficient (Wildman–Crippen LogP) is 3.26. The van der Waals surface area contributed by atoms with Crippen LogP contribution in [-0.2, 0) is 19.3 Å². The summed E-state index contributed by atoms with van der Waals surface area (Å²) in [6, 6.07) is 12.9. The van der Waals surface area contributed by atoms with Crippen molar-refractivity contribution in [1.82, 2.24) is 10.2 Å². The van der Waals surface area contributed by atoms with E-state index in [4.69, 9.17) is 9.47 Å². The maximum absolute atomic E-state index is 12.8. The highest BCUT2D eigenvalue weighted by Gasteiger charge is 2.18. The molecule has 0 spiro atoms. The number of nitrogens with zero attached hydrogens (tertiary/aromatic N) is 1. The topological polar surface area (TPSA) is 93.3 Å². The number of amides is 1. The fourth-order valence-electron chi connectivity index (χ4n) is 4.21. The first-order valence-corrected chi connectivity index (χ1v) is 10.6. The summed E-state index contributed by atoms with van der Waals surface area (Å²) >= 11 is 0. The summed E-state index contributed by atoms with van der Waals surface area (Å²) in [7, 11) is 0. The molecule has 1 aliphatic heterocycles. The Balaban J connectivity index is 1.35. The molecule has 2 heterocycles. The Morgan fingerprint density at radius 3 is 2.68 bits per heavy atom. The van der Waals surface area contributed by atoms with Crippen LogP contribution in [0.25, 0.3) is 0 Å². The third-order valence-electron chi connectivity index (χ3n) is 5.74. The molecule has 0 saturated heterocycles.